The van der Waals surface area contributed by atoms with Crippen LogP contribution in [0.3, 0.4) is 0 Å². The van der Waals surface area contributed by atoms with Crippen molar-refractivity contribution in [2.24, 2.45) is 0 Å². The normalized spacial score (nSPS) is 32.2. The molecule has 1 saturated carbocycles. The second-order valence-electron chi connectivity index (χ2n) is 4.41. The maximum Gasteiger partial charge on any atom is 0.0588 e. The van der Waals surface area contributed by atoms with Crippen LogP contribution in [0, 0.1) is 0 Å². The fraction of sp³-hybridized carbons (Fsp3) is 1.00. The quantitative estimate of drug-likeness (QED) is 0.691. The molecule has 1 saturated heterocycles. The average molecular weight is 169 g/mol. The minimum absolute atomic E-state index is 0.499. The number of hydrogen-bond acceptors (Lipinski definition) is 2. The molecule has 2 aliphatic rings. The third-order valence-electron chi connectivity index (χ3n) is 3.04. The van der Waals surface area contributed by atoms with Gasteiger partial charge in [-0.3, -0.25) is 0 Å². The Morgan fingerprint density at radius 3 is 2.92 bits per heavy atom. The Morgan fingerprint density at radius 2 is 2.33 bits per heavy atom. The minimum Gasteiger partial charge on any atom is -0.378 e. The zero-order valence-electron chi connectivity index (χ0n) is 7.94. The molecule has 1 aliphatic carbocycles. The smallest absolute Gasteiger partial charge is 0.0588 e. The predicted octanol–water partition coefficient (Wildman–Crippen LogP) is 1.70. The maximum atomic E-state index is 5.55. The van der Waals surface area contributed by atoms with Gasteiger partial charge in [0, 0.05) is 12.1 Å². The topological polar surface area (TPSA) is 21.3 Å². The predicted molar refractivity (Wildman–Crippen MR) is 49.2 cm³/mol. The van der Waals surface area contributed by atoms with Crippen molar-refractivity contribution in [3.8, 4) is 0 Å². The second kappa shape index (κ2) is 3.35. The van der Waals surface area contributed by atoms with Crippen molar-refractivity contribution in [1.82, 2.24) is 5.32 Å². The van der Waals surface area contributed by atoms with Crippen molar-refractivity contribution in [3.05, 3.63) is 0 Å². The van der Waals surface area contributed by atoms with Gasteiger partial charge in [0.1, 0.15) is 0 Å². The first-order valence-electron chi connectivity index (χ1n) is 5.15. The van der Waals surface area contributed by atoms with E-state index in [9.17, 15) is 0 Å². The third-order valence-corrected chi connectivity index (χ3v) is 3.04. The molecule has 0 amide bonds. The van der Waals surface area contributed by atoms with Gasteiger partial charge in [-0.2, -0.15) is 0 Å². The highest BCUT2D eigenvalue weighted by Gasteiger charge is 2.36. The summed E-state index contributed by atoms with van der Waals surface area (Å²) in [6, 6.07) is 0. The van der Waals surface area contributed by atoms with Crippen molar-refractivity contribution in [2.75, 3.05) is 13.2 Å². The lowest BCUT2D eigenvalue weighted by Gasteiger charge is -2.13. The molecule has 2 rings (SSSR count). The molecule has 0 aromatic rings. The van der Waals surface area contributed by atoms with Crippen LogP contribution >= 0.6 is 0 Å². The molecule has 1 atom stereocenters. The van der Waals surface area contributed by atoms with Crippen molar-refractivity contribution in [1.29, 1.82) is 0 Å². The summed E-state index contributed by atoms with van der Waals surface area (Å²) in [5, 5.41) is 3.58. The molecule has 1 N–H and O–H groups in total. The fourth-order valence-electron chi connectivity index (χ4n) is 1.77. The molecular formula is C10H19NO. The second-order valence-corrected chi connectivity index (χ2v) is 4.41. The summed E-state index contributed by atoms with van der Waals surface area (Å²) in [5.41, 5.74) is 0.499. The van der Waals surface area contributed by atoms with Crippen LogP contribution in [0.1, 0.15) is 39.0 Å². The summed E-state index contributed by atoms with van der Waals surface area (Å²) in [5.74, 6) is 0. The number of nitrogens with one attached hydrogen (secondary N) is 1. The van der Waals surface area contributed by atoms with E-state index in [-0.39, 0.29) is 0 Å². The number of rotatable bonds is 4. The fourth-order valence-corrected chi connectivity index (χ4v) is 1.77. The molecule has 2 fully saturated rings. The van der Waals surface area contributed by atoms with Crippen molar-refractivity contribution < 1.29 is 4.74 Å². The van der Waals surface area contributed by atoms with Gasteiger partial charge in [0.05, 0.1) is 6.10 Å². The zero-order valence-corrected chi connectivity index (χ0v) is 7.94. The standard InChI is InChI=1S/C10H19NO/c1-10(5-6-10)11-7-4-9-3-2-8-12-9/h9,11H,2-8H2,1H3. The molecule has 0 spiro atoms. The Labute approximate surface area is 74.7 Å². The summed E-state index contributed by atoms with van der Waals surface area (Å²) in [4.78, 5) is 0. The van der Waals surface area contributed by atoms with E-state index < -0.39 is 0 Å². The van der Waals surface area contributed by atoms with Gasteiger partial charge < -0.3 is 10.1 Å². The first kappa shape index (κ1) is 8.52. The molecule has 0 aromatic carbocycles. The van der Waals surface area contributed by atoms with E-state index in [1.165, 1.54) is 32.1 Å². The van der Waals surface area contributed by atoms with E-state index in [0.717, 1.165) is 13.2 Å². The van der Waals surface area contributed by atoms with Gasteiger partial charge in [0.2, 0.25) is 0 Å². The molecule has 12 heavy (non-hydrogen) atoms. The Bertz CT molecular complexity index is 148. The van der Waals surface area contributed by atoms with E-state index in [2.05, 4.69) is 12.2 Å². The van der Waals surface area contributed by atoms with E-state index in [1.807, 2.05) is 0 Å². The number of hydrogen-bond donors (Lipinski definition) is 1. The van der Waals surface area contributed by atoms with Crippen LogP contribution in [0.2, 0.25) is 0 Å². The van der Waals surface area contributed by atoms with Gasteiger partial charge >= 0.3 is 0 Å². The molecule has 1 heterocycles. The van der Waals surface area contributed by atoms with Crippen LogP contribution in [0.5, 0.6) is 0 Å². The van der Waals surface area contributed by atoms with Crippen LogP contribution in [-0.4, -0.2) is 24.8 Å². The van der Waals surface area contributed by atoms with Crippen molar-refractivity contribution >= 4 is 0 Å². The van der Waals surface area contributed by atoms with Gasteiger partial charge in [0.25, 0.3) is 0 Å². The Balaban J connectivity index is 1.56. The zero-order chi connectivity index (χ0) is 8.44. The lowest BCUT2D eigenvalue weighted by molar-refractivity contribution is 0.103. The first-order chi connectivity index (χ1) is 5.79. The maximum absolute atomic E-state index is 5.55. The van der Waals surface area contributed by atoms with Gasteiger partial charge in [-0.1, -0.05) is 0 Å². The van der Waals surface area contributed by atoms with Gasteiger partial charge in [-0.25, -0.2) is 0 Å². The molecule has 0 aromatic heterocycles. The summed E-state index contributed by atoms with van der Waals surface area (Å²) in [6.45, 7) is 4.44. The molecule has 1 aliphatic heterocycles. The molecule has 70 valence electrons. The molecule has 0 bridgehead atoms. The summed E-state index contributed by atoms with van der Waals surface area (Å²) in [6.07, 6.45) is 7.02. The summed E-state index contributed by atoms with van der Waals surface area (Å²) >= 11 is 0. The SMILES string of the molecule is CC1(NCCC2CCCO2)CC1. The Morgan fingerprint density at radius 1 is 1.50 bits per heavy atom. The lowest BCUT2D eigenvalue weighted by Crippen LogP contribution is -2.30. The highest BCUT2D eigenvalue weighted by molar-refractivity contribution is 4.97. The van der Waals surface area contributed by atoms with E-state index in [0.29, 0.717) is 11.6 Å². The van der Waals surface area contributed by atoms with Crippen LogP contribution in [-0.2, 0) is 4.74 Å². The highest BCUT2D eigenvalue weighted by atomic mass is 16.5. The molecule has 0 radical (unpaired) electrons. The average Bonchev–Trinajstić information content (AvgIpc) is 2.61. The van der Waals surface area contributed by atoms with Crippen molar-refractivity contribution in [2.45, 2.75) is 50.7 Å². The third kappa shape index (κ3) is 2.20. The van der Waals surface area contributed by atoms with Gasteiger partial charge in [-0.05, 0) is 45.6 Å². The molecule has 1 unspecified atom stereocenters. The van der Waals surface area contributed by atoms with Crippen molar-refractivity contribution in [3.63, 3.8) is 0 Å². The van der Waals surface area contributed by atoms with Crippen LogP contribution in [0.25, 0.3) is 0 Å². The first-order valence-corrected chi connectivity index (χ1v) is 5.15. The van der Waals surface area contributed by atoms with Gasteiger partial charge in [0.15, 0.2) is 0 Å². The van der Waals surface area contributed by atoms with Gasteiger partial charge in [-0.15, -0.1) is 0 Å². The Hall–Kier alpha value is -0.0800. The number of ether oxygens (including phenoxy) is 1. The minimum atomic E-state index is 0.499. The Kier molecular flexibility index (Phi) is 2.37. The van der Waals surface area contributed by atoms with Crippen LogP contribution < -0.4 is 5.32 Å². The summed E-state index contributed by atoms with van der Waals surface area (Å²) in [7, 11) is 0. The molecule has 2 nitrogen and oxygen atoms in total. The van der Waals surface area contributed by atoms with E-state index in [1.54, 1.807) is 0 Å². The van der Waals surface area contributed by atoms with E-state index in [4.69, 9.17) is 4.74 Å². The van der Waals surface area contributed by atoms with E-state index >= 15 is 0 Å². The monoisotopic (exact) mass is 169 g/mol. The summed E-state index contributed by atoms with van der Waals surface area (Å²) < 4.78 is 5.55. The van der Waals surface area contributed by atoms with Crippen LogP contribution in [0.15, 0.2) is 0 Å². The molecular weight excluding hydrogens is 150 g/mol. The largest absolute Gasteiger partial charge is 0.378 e. The lowest BCUT2D eigenvalue weighted by atomic mass is 10.2. The van der Waals surface area contributed by atoms with Crippen LogP contribution in [0.4, 0.5) is 0 Å². The molecule has 2 heteroatoms. The highest BCUT2D eigenvalue weighted by Crippen LogP contribution is 2.34.